The normalized spacial score (nSPS) is 11.5. The monoisotopic (exact) mass is 960 g/mol. The van der Waals surface area contributed by atoms with Crippen LogP contribution in [-0.2, 0) is 27.5 Å². The number of imidazole rings is 1. The quantitative estimate of drug-likeness (QED) is 0.150. The van der Waals surface area contributed by atoms with E-state index in [1.165, 1.54) is 16.5 Å². The van der Waals surface area contributed by atoms with E-state index < -0.39 is 0 Å². The van der Waals surface area contributed by atoms with Crippen LogP contribution >= 0.6 is 0 Å². The van der Waals surface area contributed by atoms with Crippen molar-refractivity contribution in [3.63, 3.8) is 0 Å². The maximum absolute atomic E-state index is 5.54. The second-order valence-electron chi connectivity index (χ2n) is 15.4. The molecule has 0 unspecified atom stereocenters. The molecule has 0 bridgehead atoms. The zero-order valence-corrected chi connectivity index (χ0v) is 35.1. The minimum atomic E-state index is 0. The summed E-state index contributed by atoms with van der Waals surface area (Å²) < 4.78 is 4.54. The van der Waals surface area contributed by atoms with Gasteiger partial charge in [-0.2, -0.15) is 0 Å². The fourth-order valence-corrected chi connectivity index (χ4v) is 8.99. The molecule has 0 spiro atoms. The topological polar surface area (TPSA) is 49.7 Å². The SMILES string of the molecule is [Pt+2].[c-]1c(-c2cccc3c2nc(-c2cccc4c2[n-]c2ccccc24)n3-c2ccccc2)ccc2c3cc(Cc4ccccc4)ccc3n(-c3cc(-c4ccccc4)ccn3)c12. The molecule has 0 atom stereocenters. The van der Waals surface area contributed by atoms with Crippen molar-refractivity contribution in [2.24, 2.45) is 0 Å². The number of hydrogen-bond donors (Lipinski definition) is 0. The van der Waals surface area contributed by atoms with Crippen molar-refractivity contribution in [1.29, 1.82) is 0 Å². The summed E-state index contributed by atoms with van der Waals surface area (Å²) in [6.45, 7) is 0. The van der Waals surface area contributed by atoms with E-state index in [9.17, 15) is 0 Å². The minimum Gasteiger partial charge on any atom is -0.656 e. The maximum atomic E-state index is 5.54. The molecule has 12 rings (SSSR count). The van der Waals surface area contributed by atoms with E-state index in [-0.39, 0.29) is 21.1 Å². The molecule has 0 saturated heterocycles. The fourth-order valence-electron chi connectivity index (χ4n) is 8.99. The molecule has 12 aromatic rings. The third kappa shape index (κ3) is 6.20. The van der Waals surface area contributed by atoms with Gasteiger partial charge < -0.3 is 9.55 Å². The molecule has 5 nitrogen and oxygen atoms in total. The van der Waals surface area contributed by atoms with Crippen LogP contribution in [0, 0.1) is 6.07 Å². The molecule has 0 aliphatic heterocycles. The number of para-hydroxylation sites is 4. The summed E-state index contributed by atoms with van der Waals surface area (Å²) in [5, 5.41) is 4.56. The molecule has 6 heteroatoms. The number of pyridine rings is 1. The van der Waals surface area contributed by atoms with Crippen LogP contribution < -0.4 is 4.98 Å². The molecule has 8 aromatic carbocycles. The summed E-state index contributed by atoms with van der Waals surface area (Å²) in [6, 6.07) is 72.4. The van der Waals surface area contributed by atoms with Crippen LogP contribution in [0.25, 0.3) is 99.8 Å². The average molecular weight is 961 g/mol. The van der Waals surface area contributed by atoms with Gasteiger partial charge in [-0.25, -0.2) is 9.97 Å². The van der Waals surface area contributed by atoms with Gasteiger partial charge in [0.15, 0.2) is 0 Å². The molecule has 0 fully saturated rings. The fraction of sp³-hybridized carbons (Fsp3) is 0.0182. The Hall–Kier alpha value is -7.33. The molecular weight excluding hydrogens is 926 g/mol. The van der Waals surface area contributed by atoms with Crippen LogP contribution in [0.5, 0.6) is 0 Å². The Morgan fingerprint density at radius 3 is 2.10 bits per heavy atom. The van der Waals surface area contributed by atoms with E-state index in [2.05, 4.69) is 203 Å². The summed E-state index contributed by atoms with van der Waals surface area (Å²) >= 11 is 0. The summed E-state index contributed by atoms with van der Waals surface area (Å²) in [6.07, 6.45) is 2.76. The van der Waals surface area contributed by atoms with Crippen molar-refractivity contribution in [2.75, 3.05) is 0 Å². The Morgan fingerprint density at radius 1 is 0.508 bits per heavy atom. The van der Waals surface area contributed by atoms with Gasteiger partial charge >= 0.3 is 21.1 Å². The number of hydrogen-bond acceptors (Lipinski definition) is 2. The summed E-state index contributed by atoms with van der Waals surface area (Å²) in [4.78, 5) is 15.7. The van der Waals surface area contributed by atoms with Gasteiger partial charge in [0.2, 0.25) is 0 Å². The number of nitrogens with zero attached hydrogens (tertiary/aromatic N) is 5. The molecule has 0 saturated carbocycles. The van der Waals surface area contributed by atoms with Gasteiger partial charge in [0.1, 0.15) is 11.6 Å². The molecule has 0 aliphatic rings. The minimum absolute atomic E-state index is 0. The molecule has 290 valence electrons. The largest absolute Gasteiger partial charge is 2.00 e. The van der Waals surface area contributed by atoms with Gasteiger partial charge in [-0.05, 0) is 86.7 Å². The van der Waals surface area contributed by atoms with Crippen molar-refractivity contribution in [3.05, 3.63) is 218 Å². The number of fused-ring (bicyclic) bond motifs is 7. The number of rotatable bonds is 7. The summed E-state index contributed by atoms with van der Waals surface area (Å²) in [5.74, 6) is 1.69. The van der Waals surface area contributed by atoms with Crippen LogP contribution in [0.3, 0.4) is 0 Å². The molecule has 0 N–H and O–H groups in total. The van der Waals surface area contributed by atoms with Gasteiger partial charge in [-0.1, -0.05) is 157 Å². The Labute approximate surface area is 366 Å². The van der Waals surface area contributed by atoms with Crippen molar-refractivity contribution >= 4 is 54.6 Å². The van der Waals surface area contributed by atoms with Crippen molar-refractivity contribution in [2.45, 2.75) is 6.42 Å². The molecule has 0 radical (unpaired) electrons. The zero-order chi connectivity index (χ0) is 39.6. The first-order valence-corrected chi connectivity index (χ1v) is 20.3. The van der Waals surface area contributed by atoms with Crippen LogP contribution in [0.4, 0.5) is 0 Å². The Morgan fingerprint density at radius 2 is 1.25 bits per heavy atom. The third-order valence-corrected chi connectivity index (χ3v) is 11.8. The first-order chi connectivity index (χ1) is 29.7. The first-order valence-electron chi connectivity index (χ1n) is 20.3. The van der Waals surface area contributed by atoms with E-state index in [0.29, 0.717) is 0 Å². The zero-order valence-electron chi connectivity index (χ0n) is 32.8. The average Bonchev–Trinajstić information content (AvgIpc) is 3.99. The van der Waals surface area contributed by atoms with Gasteiger partial charge in [0, 0.05) is 23.0 Å². The standard InChI is InChI=1S/C55H35N5.Pt/c1-4-14-36(15-5-1)32-37-26-29-49-47(33-37)44-28-27-40(34-51(44)60(49)52-35-39(30-31-56-52)38-16-6-2-7-17-38)42-21-13-25-50-54(42)58-55(59(50)41-18-8-3-9-19-41)46-23-12-22-45-43-20-10-11-24-48(43)57-53(45)46;/h1-31,33,35H,32H2;/q-2;+2. The van der Waals surface area contributed by atoms with Crippen molar-refractivity contribution < 1.29 is 21.1 Å². The summed E-state index contributed by atoms with van der Waals surface area (Å²) in [7, 11) is 0. The Bertz CT molecular complexity index is 3570. The molecule has 0 aliphatic carbocycles. The van der Waals surface area contributed by atoms with Crippen molar-refractivity contribution in [1.82, 2.24) is 24.1 Å². The molecule has 61 heavy (non-hydrogen) atoms. The molecule has 4 aromatic heterocycles. The second kappa shape index (κ2) is 15.0. The van der Waals surface area contributed by atoms with Crippen molar-refractivity contribution in [3.8, 4) is 45.1 Å². The molecule has 4 heterocycles. The van der Waals surface area contributed by atoms with Gasteiger partial charge in [-0.3, -0.25) is 4.57 Å². The molecular formula is C55H35N5Pt. The van der Waals surface area contributed by atoms with E-state index in [0.717, 1.165) is 101 Å². The number of benzene rings is 8. The van der Waals surface area contributed by atoms with Crippen LogP contribution in [-0.4, -0.2) is 19.1 Å². The third-order valence-electron chi connectivity index (χ3n) is 11.8. The summed E-state index contributed by atoms with van der Waals surface area (Å²) in [5.41, 5.74) is 14.7. The smallest absolute Gasteiger partial charge is 0.656 e. The van der Waals surface area contributed by atoms with Gasteiger partial charge in [-0.15, -0.1) is 34.8 Å². The van der Waals surface area contributed by atoms with E-state index in [4.69, 9.17) is 15.0 Å². The van der Waals surface area contributed by atoms with E-state index in [1.807, 2.05) is 12.3 Å². The molecule has 0 amide bonds. The van der Waals surface area contributed by atoms with E-state index >= 15 is 0 Å². The van der Waals surface area contributed by atoms with E-state index in [1.54, 1.807) is 0 Å². The van der Waals surface area contributed by atoms with Gasteiger partial charge in [0.25, 0.3) is 0 Å². The predicted octanol–water partition coefficient (Wildman–Crippen LogP) is 13.2. The second-order valence-corrected chi connectivity index (χ2v) is 15.4. The maximum Gasteiger partial charge on any atom is 2.00 e. The van der Waals surface area contributed by atoms with Crippen LogP contribution in [0.2, 0.25) is 0 Å². The predicted molar refractivity (Wildman–Crippen MR) is 246 cm³/mol. The van der Waals surface area contributed by atoms with Gasteiger partial charge in [0.05, 0.1) is 11.0 Å². The van der Waals surface area contributed by atoms with Crippen LogP contribution in [0.1, 0.15) is 11.1 Å². The number of aromatic nitrogens is 5. The van der Waals surface area contributed by atoms with Crippen LogP contribution in [0.15, 0.2) is 200 Å². The first kappa shape index (κ1) is 36.7. The Kier molecular flexibility index (Phi) is 9.06. The Balaban J connectivity index is 0.00000420.